The van der Waals surface area contributed by atoms with Crippen molar-refractivity contribution >= 4 is 34.2 Å². The topological polar surface area (TPSA) is 90.4 Å². The van der Waals surface area contributed by atoms with E-state index in [0.717, 1.165) is 22.8 Å². The first kappa shape index (κ1) is 33.6. The SMILES string of the molecule is C=CCN(CCC)C(=O)[C@H]1[C@H]2C(=O)N([C@@H](CO)Cc3ccccc3)C(C(=O)N(CC=C)c3ccc4ccccc4c3)C23CC[C@]1(CC)O3. The average molecular weight is 650 g/mol. The van der Waals surface area contributed by atoms with Crippen LogP contribution in [0.4, 0.5) is 5.69 Å². The molecule has 1 spiro atoms. The number of benzene rings is 3. The van der Waals surface area contributed by atoms with Crippen LogP contribution in [0.2, 0.25) is 0 Å². The number of aliphatic hydroxyl groups is 1. The van der Waals surface area contributed by atoms with E-state index in [-0.39, 0.29) is 30.9 Å². The molecule has 0 aromatic heterocycles. The molecule has 3 aliphatic heterocycles. The number of rotatable bonds is 14. The first-order valence-electron chi connectivity index (χ1n) is 17.3. The normalized spacial score (nSPS) is 26.4. The van der Waals surface area contributed by atoms with E-state index in [1.165, 1.54) is 0 Å². The molecule has 6 atom stereocenters. The standard InChI is InChI=1S/C40H47N3O5/c1-5-22-41(23-6-2)36(45)33-34-37(46)43(32(27-44)25-28-14-10-9-11-15-28)35(40(34)21-20-39(33,8-4)48-40)38(47)42(24-7-3)31-19-18-29-16-12-13-17-30(29)26-31/h5,7,9-19,26,32-35,44H,1,3,6,8,20-25,27H2,2,4H3/t32-,33-,34+,35?,39+,40?/m1/s1. The molecule has 252 valence electrons. The van der Waals surface area contributed by atoms with Gasteiger partial charge in [-0.1, -0.05) is 86.7 Å². The van der Waals surface area contributed by atoms with Crippen LogP contribution < -0.4 is 4.90 Å². The smallest absolute Gasteiger partial charge is 0.253 e. The molecule has 6 rings (SSSR count). The molecule has 0 aliphatic carbocycles. The van der Waals surface area contributed by atoms with Gasteiger partial charge in [-0.2, -0.15) is 0 Å². The zero-order valence-electron chi connectivity index (χ0n) is 28.1. The second kappa shape index (κ2) is 13.7. The van der Waals surface area contributed by atoms with Gasteiger partial charge in [-0.15, -0.1) is 13.2 Å². The molecule has 3 aromatic carbocycles. The van der Waals surface area contributed by atoms with Gasteiger partial charge in [0.2, 0.25) is 11.8 Å². The number of carbonyl (C=O) groups excluding carboxylic acids is 3. The van der Waals surface area contributed by atoms with Gasteiger partial charge < -0.3 is 24.5 Å². The third-order valence-electron chi connectivity index (χ3n) is 10.8. The molecular formula is C40H47N3O5. The summed E-state index contributed by atoms with van der Waals surface area (Å²) in [6, 6.07) is 21.8. The summed E-state index contributed by atoms with van der Waals surface area (Å²) in [7, 11) is 0. The van der Waals surface area contributed by atoms with Crippen molar-refractivity contribution in [2.45, 2.75) is 69.2 Å². The lowest BCUT2D eigenvalue weighted by Gasteiger charge is -2.39. The summed E-state index contributed by atoms with van der Waals surface area (Å²) in [6.45, 7) is 12.6. The highest BCUT2D eigenvalue weighted by molar-refractivity contribution is 6.06. The van der Waals surface area contributed by atoms with Gasteiger partial charge >= 0.3 is 0 Å². The monoisotopic (exact) mass is 649 g/mol. The van der Waals surface area contributed by atoms with Gasteiger partial charge in [0.1, 0.15) is 11.6 Å². The fourth-order valence-electron chi connectivity index (χ4n) is 8.70. The summed E-state index contributed by atoms with van der Waals surface area (Å²) in [5.74, 6) is -2.34. The molecule has 2 unspecified atom stereocenters. The summed E-state index contributed by atoms with van der Waals surface area (Å²) >= 11 is 0. The molecule has 3 saturated heterocycles. The molecular weight excluding hydrogens is 602 g/mol. The van der Waals surface area contributed by atoms with Crippen molar-refractivity contribution in [3.05, 3.63) is 104 Å². The number of amides is 3. The highest BCUT2D eigenvalue weighted by Crippen LogP contribution is 2.65. The molecule has 1 N–H and O–H groups in total. The average Bonchev–Trinajstić information content (AvgIpc) is 3.72. The number of carbonyl (C=O) groups is 3. The molecule has 8 nitrogen and oxygen atoms in total. The molecule has 3 heterocycles. The lowest BCUT2D eigenvalue weighted by atomic mass is 9.64. The van der Waals surface area contributed by atoms with Crippen LogP contribution in [0, 0.1) is 11.8 Å². The third-order valence-corrected chi connectivity index (χ3v) is 10.8. The molecule has 3 fully saturated rings. The molecule has 3 amide bonds. The predicted octanol–water partition coefficient (Wildman–Crippen LogP) is 5.54. The minimum absolute atomic E-state index is 0.132. The minimum atomic E-state index is -1.23. The van der Waals surface area contributed by atoms with Gasteiger partial charge in [-0.3, -0.25) is 14.4 Å². The van der Waals surface area contributed by atoms with Gasteiger partial charge in [-0.05, 0) is 60.6 Å². The Balaban J connectivity index is 1.49. The molecule has 0 saturated carbocycles. The van der Waals surface area contributed by atoms with Crippen molar-refractivity contribution in [3.8, 4) is 0 Å². The maximum atomic E-state index is 15.2. The lowest BCUT2D eigenvalue weighted by molar-refractivity contribution is -0.153. The van der Waals surface area contributed by atoms with Gasteiger partial charge in [0.25, 0.3) is 5.91 Å². The van der Waals surface area contributed by atoms with Crippen molar-refractivity contribution in [2.75, 3.05) is 31.1 Å². The zero-order chi connectivity index (χ0) is 34.1. The van der Waals surface area contributed by atoms with Crippen LogP contribution in [0.5, 0.6) is 0 Å². The van der Waals surface area contributed by atoms with E-state index >= 15 is 9.59 Å². The second-order valence-corrected chi connectivity index (χ2v) is 13.4. The zero-order valence-corrected chi connectivity index (χ0v) is 28.1. The Kier molecular flexibility index (Phi) is 9.59. The molecule has 2 bridgehead atoms. The van der Waals surface area contributed by atoms with E-state index in [0.29, 0.717) is 44.5 Å². The summed E-state index contributed by atoms with van der Waals surface area (Å²) in [6.07, 6.45) is 6.07. The second-order valence-electron chi connectivity index (χ2n) is 13.4. The maximum Gasteiger partial charge on any atom is 0.253 e. The molecule has 3 aliphatic rings. The Morgan fingerprint density at radius 3 is 2.35 bits per heavy atom. The van der Waals surface area contributed by atoms with Crippen molar-refractivity contribution in [2.24, 2.45) is 11.8 Å². The summed E-state index contributed by atoms with van der Waals surface area (Å²) < 4.78 is 7.08. The summed E-state index contributed by atoms with van der Waals surface area (Å²) in [5.41, 5.74) is -0.475. The lowest BCUT2D eigenvalue weighted by Crippen LogP contribution is -2.59. The maximum absolute atomic E-state index is 15.2. The highest BCUT2D eigenvalue weighted by Gasteiger charge is 2.79. The van der Waals surface area contributed by atoms with Gasteiger partial charge in [0.15, 0.2) is 0 Å². The van der Waals surface area contributed by atoms with Crippen molar-refractivity contribution in [3.63, 3.8) is 0 Å². The van der Waals surface area contributed by atoms with Crippen LogP contribution in [0.1, 0.15) is 45.1 Å². The van der Waals surface area contributed by atoms with E-state index in [1.807, 2.05) is 86.6 Å². The highest BCUT2D eigenvalue weighted by atomic mass is 16.5. The number of hydrogen-bond donors (Lipinski definition) is 1. The first-order valence-corrected chi connectivity index (χ1v) is 17.3. The quantitative estimate of drug-likeness (QED) is 0.232. The number of fused-ring (bicyclic) bond motifs is 2. The number of hydrogen-bond acceptors (Lipinski definition) is 5. The fraction of sp³-hybridized carbons (Fsp3) is 0.425. The third kappa shape index (κ3) is 5.45. The predicted molar refractivity (Wildman–Crippen MR) is 188 cm³/mol. The van der Waals surface area contributed by atoms with Crippen LogP contribution >= 0.6 is 0 Å². The largest absolute Gasteiger partial charge is 0.394 e. The number of aliphatic hydroxyl groups excluding tert-OH is 1. The number of ether oxygens (including phenoxy) is 1. The fourth-order valence-corrected chi connectivity index (χ4v) is 8.70. The number of anilines is 1. The Labute approximate surface area is 283 Å². The van der Waals surface area contributed by atoms with Crippen molar-refractivity contribution in [1.29, 1.82) is 0 Å². The van der Waals surface area contributed by atoms with Crippen LogP contribution in [0.15, 0.2) is 98.1 Å². The van der Waals surface area contributed by atoms with E-state index in [9.17, 15) is 9.90 Å². The Morgan fingerprint density at radius 1 is 0.979 bits per heavy atom. The van der Waals surface area contributed by atoms with E-state index in [2.05, 4.69) is 13.2 Å². The van der Waals surface area contributed by atoms with Crippen molar-refractivity contribution in [1.82, 2.24) is 9.80 Å². The first-order chi connectivity index (χ1) is 23.3. The van der Waals surface area contributed by atoms with E-state index in [4.69, 9.17) is 4.74 Å². The molecule has 3 aromatic rings. The van der Waals surface area contributed by atoms with Gasteiger partial charge in [-0.25, -0.2) is 0 Å². The molecule has 48 heavy (non-hydrogen) atoms. The summed E-state index contributed by atoms with van der Waals surface area (Å²) in [4.78, 5) is 49.8. The minimum Gasteiger partial charge on any atom is -0.394 e. The van der Waals surface area contributed by atoms with Crippen LogP contribution in [0.25, 0.3) is 10.8 Å². The van der Waals surface area contributed by atoms with Crippen LogP contribution in [-0.4, -0.2) is 82.2 Å². The van der Waals surface area contributed by atoms with E-state index in [1.54, 1.807) is 26.9 Å². The molecule has 8 heteroatoms. The van der Waals surface area contributed by atoms with Crippen LogP contribution in [-0.2, 0) is 25.5 Å². The van der Waals surface area contributed by atoms with Crippen LogP contribution in [0.3, 0.4) is 0 Å². The van der Waals surface area contributed by atoms with Gasteiger partial charge in [0.05, 0.1) is 30.1 Å². The number of likely N-dealkylation sites (tertiary alicyclic amines) is 1. The van der Waals surface area contributed by atoms with Gasteiger partial charge in [0, 0.05) is 25.3 Å². The Morgan fingerprint density at radius 2 is 1.69 bits per heavy atom. The summed E-state index contributed by atoms with van der Waals surface area (Å²) in [5, 5.41) is 12.9. The molecule has 0 radical (unpaired) electrons. The number of nitrogens with zero attached hydrogens (tertiary/aromatic N) is 3. The van der Waals surface area contributed by atoms with E-state index < -0.39 is 35.1 Å². The Hall–Kier alpha value is -4.27. The van der Waals surface area contributed by atoms with Crippen molar-refractivity contribution < 1.29 is 24.2 Å². The Bertz CT molecular complexity index is 1690.